The average molecular weight is 359 g/mol. The van der Waals surface area contributed by atoms with Crippen molar-refractivity contribution >= 4 is 34.7 Å². The van der Waals surface area contributed by atoms with E-state index < -0.39 is 11.7 Å². The van der Waals surface area contributed by atoms with Gasteiger partial charge in [-0.15, -0.1) is 0 Å². The summed E-state index contributed by atoms with van der Waals surface area (Å²) in [5.74, 6) is -0.716. The van der Waals surface area contributed by atoms with Crippen LogP contribution in [0.1, 0.15) is 30.1 Å². The number of ketones is 1. The van der Waals surface area contributed by atoms with Gasteiger partial charge in [-0.05, 0) is 49.7 Å². The monoisotopic (exact) mass is 358 g/mol. The Labute approximate surface area is 149 Å². The van der Waals surface area contributed by atoms with Gasteiger partial charge >= 0.3 is 0 Å². The average Bonchev–Trinajstić information content (AvgIpc) is 2.87. The first kappa shape index (κ1) is 17.2. The lowest BCUT2D eigenvalue weighted by molar-refractivity contribution is -0.114. The molecule has 0 saturated heterocycles. The molecule has 0 spiro atoms. The number of benzene rings is 2. The summed E-state index contributed by atoms with van der Waals surface area (Å²) >= 11 is 6.21. The quantitative estimate of drug-likeness (QED) is 0.826. The van der Waals surface area contributed by atoms with Gasteiger partial charge in [-0.3, -0.25) is 9.59 Å². The predicted molar refractivity (Wildman–Crippen MR) is 96.4 cm³/mol. The lowest BCUT2D eigenvalue weighted by Crippen LogP contribution is -2.12. The van der Waals surface area contributed by atoms with Gasteiger partial charge in [0.2, 0.25) is 0 Å². The standard InChI is InChI=1S/C19H16ClFN2O2/c1-11-17(7-8-18(11)24)22-14-5-6-15(16(20)10-14)19(25)23-13-4-2-3-12(21)9-13/h2-6,9-10,22H,7-8H2,1H3,(H,23,25). The number of nitrogens with one attached hydrogen (secondary N) is 2. The molecule has 0 bridgehead atoms. The molecule has 1 aliphatic rings. The molecule has 0 fully saturated rings. The van der Waals surface area contributed by atoms with Crippen LogP contribution in [0.5, 0.6) is 0 Å². The maximum absolute atomic E-state index is 13.2. The Morgan fingerprint density at radius 3 is 2.56 bits per heavy atom. The molecule has 0 unspecified atom stereocenters. The zero-order valence-corrected chi connectivity index (χ0v) is 14.3. The fourth-order valence-electron chi connectivity index (χ4n) is 2.65. The van der Waals surface area contributed by atoms with Crippen molar-refractivity contribution in [3.8, 4) is 0 Å². The Morgan fingerprint density at radius 1 is 1.12 bits per heavy atom. The Kier molecular flexibility index (Phi) is 4.86. The molecule has 2 aromatic rings. The Balaban J connectivity index is 1.75. The van der Waals surface area contributed by atoms with E-state index in [9.17, 15) is 14.0 Å². The molecule has 3 rings (SSSR count). The van der Waals surface area contributed by atoms with E-state index in [-0.39, 0.29) is 16.4 Å². The third-order valence-corrected chi connectivity index (χ3v) is 4.38. The van der Waals surface area contributed by atoms with Crippen LogP contribution < -0.4 is 10.6 Å². The van der Waals surface area contributed by atoms with Gasteiger partial charge in [-0.25, -0.2) is 4.39 Å². The molecule has 0 atom stereocenters. The fourth-order valence-corrected chi connectivity index (χ4v) is 2.92. The number of amides is 1. The molecule has 0 aliphatic heterocycles. The highest BCUT2D eigenvalue weighted by molar-refractivity contribution is 6.34. The Bertz CT molecular complexity index is 893. The summed E-state index contributed by atoms with van der Waals surface area (Å²) in [6.07, 6.45) is 1.18. The van der Waals surface area contributed by atoms with Gasteiger partial charge in [0.1, 0.15) is 5.82 Å². The van der Waals surface area contributed by atoms with Crippen LogP contribution in [-0.4, -0.2) is 11.7 Å². The number of hydrogen-bond acceptors (Lipinski definition) is 3. The maximum Gasteiger partial charge on any atom is 0.257 e. The van der Waals surface area contributed by atoms with Gasteiger partial charge in [0.05, 0.1) is 10.6 Å². The zero-order valence-electron chi connectivity index (χ0n) is 13.5. The highest BCUT2D eigenvalue weighted by Gasteiger charge is 2.19. The molecular formula is C19H16ClFN2O2. The van der Waals surface area contributed by atoms with Gasteiger partial charge in [0.25, 0.3) is 5.91 Å². The Hall–Kier alpha value is -2.66. The van der Waals surface area contributed by atoms with Crippen LogP contribution in [0.4, 0.5) is 15.8 Å². The van der Waals surface area contributed by atoms with Gasteiger partial charge in [0.15, 0.2) is 5.78 Å². The molecule has 4 nitrogen and oxygen atoms in total. The molecule has 1 aliphatic carbocycles. The van der Waals surface area contributed by atoms with Gasteiger partial charge in [-0.1, -0.05) is 17.7 Å². The molecule has 6 heteroatoms. The SMILES string of the molecule is CC1=C(Nc2ccc(C(=O)Nc3cccc(F)c3)c(Cl)c2)CCC1=O. The van der Waals surface area contributed by atoms with E-state index in [1.165, 1.54) is 18.2 Å². The van der Waals surface area contributed by atoms with Crippen molar-refractivity contribution in [3.63, 3.8) is 0 Å². The minimum absolute atomic E-state index is 0.139. The van der Waals surface area contributed by atoms with Crippen molar-refractivity contribution in [1.82, 2.24) is 0 Å². The summed E-state index contributed by atoms with van der Waals surface area (Å²) in [6, 6.07) is 10.6. The molecule has 0 heterocycles. The Morgan fingerprint density at radius 2 is 1.92 bits per heavy atom. The number of anilines is 2. The number of carbonyl (C=O) groups excluding carboxylic acids is 2. The highest BCUT2D eigenvalue weighted by atomic mass is 35.5. The zero-order chi connectivity index (χ0) is 18.0. The summed E-state index contributed by atoms with van der Waals surface area (Å²) in [6.45, 7) is 1.79. The van der Waals surface area contributed by atoms with E-state index >= 15 is 0 Å². The van der Waals surface area contributed by atoms with Crippen molar-refractivity contribution in [2.75, 3.05) is 10.6 Å². The summed E-state index contributed by atoms with van der Waals surface area (Å²) < 4.78 is 13.2. The molecule has 0 aromatic heterocycles. The number of halogens is 2. The largest absolute Gasteiger partial charge is 0.359 e. The molecule has 128 valence electrons. The summed E-state index contributed by atoms with van der Waals surface area (Å²) in [5.41, 5.74) is 2.94. The van der Waals surface area contributed by atoms with Crippen LogP contribution in [0.15, 0.2) is 53.7 Å². The number of hydrogen-bond donors (Lipinski definition) is 2. The lowest BCUT2D eigenvalue weighted by Gasteiger charge is -2.11. The van der Waals surface area contributed by atoms with Crippen molar-refractivity contribution in [3.05, 3.63) is 70.1 Å². The number of allylic oxidation sites excluding steroid dienone is 2. The van der Waals surface area contributed by atoms with Gasteiger partial charge in [-0.2, -0.15) is 0 Å². The molecule has 0 radical (unpaired) electrons. The second-order valence-corrected chi connectivity index (χ2v) is 6.22. The molecular weight excluding hydrogens is 343 g/mol. The number of Topliss-reactive ketones (excluding diaryl/α,β-unsaturated/α-hetero) is 1. The van der Waals surface area contributed by atoms with E-state index in [1.54, 1.807) is 31.2 Å². The molecule has 2 aromatic carbocycles. The van der Waals surface area contributed by atoms with E-state index in [1.807, 2.05) is 0 Å². The van der Waals surface area contributed by atoms with Crippen LogP contribution >= 0.6 is 11.6 Å². The van der Waals surface area contributed by atoms with Crippen LogP contribution in [0, 0.1) is 5.82 Å². The molecule has 1 amide bonds. The van der Waals surface area contributed by atoms with Crippen LogP contribution in [0.2, 0.25) is 5.02 Å². The summed E-state index contributed by atoms with van der Waals surface area (Å²) in [5, 5.41) is 6.05. The van der Waals surface area contributed by atoms with Crippen molar-refractivity contribution < 1.29 is 14.0 Å². The smallest absolute Gasteiger partial charge is 0.257 e. The fraction of sp³-hybridized carbons (Fsp3) is 0.158. The van der Waals surface area contributed by atoms with Gasteiger partial charge < -0.3 is 10.6 Å². The van der Waals surface area contributed by atoms with E-state index in [0.29, 0.717) is 24.2 Å². The molecule has 2 N–H and O–H groups in total. The van der Waals surface area contributed by atoms with E-state index in [4.69, 9.17) is 11.6 Å². The minimum atomic E-state index is -0.432. The highest BCUT2D eigenvalue weighted by Crippen LogP contribution is 2.27. The maximum atomic E-state index is 13.2. The number of carbonyl (C=O) groups is 2. The summed E-state index contributed by atoms with van der Waals surface area (Å²) in [4.78, 5) is 23.9. The van der Waals surface area contributed by atoms with Crippen molar-refractivity contribution in [1.29, 1.82) is 0 Å². The predicted octanol–water partition coefficient (Wildman–Crippen LogP) is 4.78. The normalized spacial score (nSPS) is 14.0. The molecule has 0 saturated carbocycles. The van der Waals surface area contributed by atoms with Crippen molar-refractivity contribution in [2.45, 2.75) is 19.8 Å². The first-order chi connectivity index (χ1) is 11.9. The third-order valence-electron chi connectivity index (χ3n) is 4.06. The van der Waals surface area contributed by atoms with Crippen LogP contribution in [-0.2, 0) is 4.79 Å². The third kappa shape index (κ3) is 3.88. The van der Waals surface area contributed by atoms with Gasteiger partial charge in [0, 0.05) is 29.1 Å². The second-order valence-electron chi connectivity index (χ2n) is 5.81. The van der Waals surface area contributed by atoms with E-state index in [2.05, 4.69) is 10.6 Å². The first-order valence-corrected chi connectivity index (χ1v) is 8.18. The summed E-state index contributed by atoms with van der Waals surface area (Å²) in [7, 11) is 0. The lowest BCUT2D eigenvalue weighted by atomic mass is 10.1. The van der Waals surface area contributed by atoms with Crippen LogP contribution in [0.3, 0.4) is 0 Å². The minimum Gasteiger partial charge on any atom is -0.359 e. The topological polar surface area (TPSA) is 58.2 Å². The molecule has 25 heavy (non-hydrogen) atoms. The van der Waals surface area contributed by atoms with Crippen LogP contribution in [0.25, 0.3) is 0 Å². The van der Waals surface area contributed by atoms with E-state index in [0.717, 1.165) is 11.3 Å². The second kappa shape index (κ2) is 7.07. The van der Waals surface area contributed by atoms with Crippen molar-refractivity contribution in [2.24, 2.45) is 0 Å². The first-order valence-electron chi connectivity index (χ1n) is 7.80. The number of rotatable bonds is 4.